The second-order valence-electron chi connectivity index (χ2n) is 4.20. The molecule has 102 valence electrons. The Labute approximate surface area is 127 Å². The van der Waals surface area contributed by atoms with Crippen LogP contribution in [0.2, 0.25) is 10.0 Å². The largest absolute Gasteiger partial charge is 0.292 e. The van der Waals surface area contributed by atoms with E-state index in [-0.39, 0.29) is 5.78 Å². The topological polar surface area (TPSA) is 42.9 Å². The van der Waals surface area contributed by atoms with Crippen LogP contribution in [-0.4, -0.2) is 15.8 Å². The third kappa shape index (κ3) is 3.24. The van der Waals surface area contributed by atoms with Crippen LogP contribution in [0, 0.1) is 0 Å². The fraction of sp³-hybridized carbons (Fsp3) is 0.133. The van der Waals surface area contributed by atoms with Crippen molar-refractivity contribution in [3.63, 3.8) is 0 Å². The number of carbonyl (C=O) groups excluding carboxylic acids is 1. The molecule has 2 aromatic rings. The lowest BCUT2D eigenvalue weighted by molar-refractivity contribution is 0.0954. The highest BCUT2D eigenvalue weighted by Gasteiger charge is 2.24. The van der Waals surface area contributed by atoms with Crippen molar-refractivity contribution in [1.82, 2.24) is 9.97 Å². The quantitative estimate of drug-likeness (QED) is 0.610. The fourth-order valence-electron chi connectivity index (χ4n) is 1.93. The first kappa shape index (κ1) is 14.7. The SMILES string of the molecule is C=CCC(C(=O)c1cnccn1)c1ccc(Cl)cc1Cl. The lowest BCUT2D eigenvalue weighted by Crippen LogP contribution is -2.14. The number of halogens is 2. The zero-order chi connectivity index (χ0) is 14.5. The first-order chi connectivity index (χ1) is 9.63. The van der Waals surface area contributed by atoms with E-state index in [2.05, 4.69) is 16.5 Å². The number of hydrogen-bond donors (Lipinski definition) is 0. The monoisotopic (exact) mass is 306 g/mol. The van der Waals surface area contributed by atoms with Gasteiger partial charge in [-0.2, -0.15) is 0 Å². The van der Waals surface area contributed by atoms with Crippen LogP contribution in [0.4, 0.5) is 0 Å². The van der Waals surface area contributed by atoms with Gasteiger partial charge in [0.2, 0.25) is 0 Å². The molecule has 0 N–H and O–H groups in total. The second-order valence-corrected chi connectivity index (χ2v) is 5.04. The molecule has 0 saturated carbocycles. The van der Waals surface area contributed by atoms with E-state index in [9.17, 15) is 4.79 Å². The van der Waals surface area contributed by atoms with Gasteiger partial charge in [-0.25, -0.2) is 4.98 Å². The summed E-state index contributed by atoms with van der Waals surface area (Å²) >= 11 is 12.1. The number of hydrogen-bond acceptors (Lipinski definition) is 3. The van der Waals surface area contributed by atoms with Gasteiger partial charge in [0.1, 0.15) is 5.69 Å². The molecule has 0 aliphatic rings. The number of nitrogens with zero attached hydrogens (tertiary/aromatic N) is 2. The van der Waals surface area contributed by atoms with Crippen molar-refractivity contribution >= 4 is 29.0 Å². The predicted octanol–water partition coefficient (Wildman–Crippen LogP) is 4.33. The first-order valence-corrected chi connectivity index (χ1v) is 6.75. The molecule has 0 aliphatic carbocycles. The summed E-state index contributed by atoms with van der Waals surface area (Å²) in [7, 11) is 0. The summed E-state index contributed by atoms with van der Waals surface area (Å²) in [6, 6.07) is 5.09. The van der Waals surface area contributed by atoms with E-state index in [1.54, 1.807) is 24.3 Å². The molecule has 1 atom stereocenters. The molecule has 0 fully saturated rings. The normalized spacial score (nSPS) is 11.9. The van der Waals surface area contributed by atoms with Gasteiger partial charge in [-0.05, 0) is 24.1 Å². The highest BCUT2D eigenvalue weighted by molar-refractivity contribution is 6.35. The molecule has 1 aromatic heterocycles. The summed E-state index contributed by atoms with van der Waals surface area (Å²) in [5.41, 5.74) is 1.02. The van der Waals surface area contributed by atoms with Crippen molar-refractivity contribution in [3.05, 3.63) is 70.7 Å². The molecule has 0 radical (unpaired) electrons. The number of ketones is 1. The van der Waals surface area contributed by atoms with Crippen LogP contribution in [-0.2, 0) is 0 Å². The molecule has 3 nitrogen and oxygen atoms in total. The van der Waals surface area contributed by atoms with Gasteiger partial charge in [0.25, 0.3) is 0 Å². The van der Waals surface area contributed by atoms with Gasteiger partial charge >= 0.3 is 0 Å². The lowest BCUT2D eigenvalue weighted by Gasteiger charge is -2.15. The van der Waals surface area contributed by atoms with Crippen LogP contribution < -0.4 is 0 Å². The average molecular weight is 307 g/mol. The minimum atomic E-state index is -0.436. The molecule has 1 aromatic carbocycles. The molecule has 0 amide bonds. The third-order valence-corrected chi connectivity index (χ3v) is 3.43. The number of aromatic nitrogens is 2. The van der Waals surface area contributed by atoms with Crippen LogP contribution in [0.15, 0.2) is 49.4 Å². The Bertz CT molecular complexity index is 629. The van der Waals surface area contributed by atoms with Gasteiger partial charge in [-0.1, -0.05) is 35.3 Å². The van der Waals surface area contributed by atoms with E-state index in [0.29, 0.717) is 27.7 Å². The van der Waals surface area contributed by atoms with Crippen molar-refractivity contribution in [2.75, 3.05) is 0 Å². The Kier molecular flexibility index (Phi) is 4.88. The van der Waals surface area contributed by atoms with Crippen molar-refractivity contribution in [3.8, 4) is 0 Å². The van der Waals surface area contributed by atoms with Crippen molar-refractivity contribution < 1.29 is 4.79 Å². The van der Waals surface area contributed by atoms with Gasteiger partial charge in [0.05, 0.1) is 12.1 Å². The van der Waals surface area contributed by atoms with Crippen LogP contribution in [0.1, 0.15) is 28.4 Å². The Hall–Kier alpha value is -1.71. The second kappa shape index (κ2) is 6.64. The maximum absolute atomic E-state index is 12.5. The lowest BCUT2D eigenvalue weighted by atomic mass is 9.90. The van der Waals surface area contributed by atoms with E-state index in [1.807, 2.05) is 0 Å². The fourth-order valence-corrected chi connectivity index (χ4v) is 2.47. The standard InChI is InChI=1S/C15H12Cl2N2O/c1-2-3-12(11-5-4-10(16)8-13(11)17)15(20)14-9-18-6-7-19-14/h2,4-9,12H,1,3H2. The zero-order valence-corrected chi connectivity index (χ0v) is 12.1. The van der Waals surface area contributed by atoms with Crippen molar-refractivity contribution in [1.29, 1.82) is 0 Å². The van der Waals surface area contributed by atoms with Crippen molar-refractivity contribution in [2.24, 2.45) is 0 Å². The van der Waals surface area contributed by atoms with Gasteiger partial charge in [-0.15, -0.1) is 6.58 Å². The molecular weight excluding hydrogens is 295 g/mol. The minimum Gasteiger partial charge on any atom is -0.292 e. The molecule has 20 heavy (non-hydrogen) atoms. The molecule has 0 saturated heterocycles. The van der Waals surface area contributed by atoms with Crippen LogP contribution in [0.25, 0.3) is 0 Å². The first-order valence-electron chi connectivity index (χ1n) is 5.99. The van der Waals surface area contributed by atoms with Gasteiger partial charge in [-0.3, -0.25) is 9.78 Å². The van der Waals surface area contributed by atoms with E-state index in [0.717, 1.165) is 0 Å². The summed E-state index contributed by atoms with van der Waals surface area (Å²) in [5.74, 6) is -0.573. The summed E-state index contributed by atoms with van der Waals surface area (Å²) in [5, 5.41) is 0.990. The number of allylic oxidation sites excluding steroid dienone is 1. The average Bonchev–Trinajstić information content (AvgIpc) is 2.46. The molecule has 1 heterocycles. The van der Waals surface area contributed by atoms with E-state index in [4.69, 9.17) is 23.2 Å². The molecule has 0 bridgehead atoms. The van der Waals surface area contributed by atoms with Gasteiger partial charge in [0, 0.05) is 22.4 Å². The maximum atomic E-state index is 12.5. The summed E-state index contributed by atoms with van der Waals surface area (Å²) in [4.78, 5) is 20.5. The van der Waals surface area contributed by atoms with Crippen LogP contribution >= 0.6 is 23.2 Å². The van der Waals surface area contributed by atoms with E-state index < -0.39 is 5.92 Å². The molecule has 1 unspecified atom stereocenters. The predicted molar refractivity (Wildman–Crippen MR) is 80.4 cm³/mol. The Balaban J connectivity index is 2.41. The summed E-state index contributed by atoms with van der Waals surface area (Å²) in [6.45, 7) is 3.69. The zero-order valence-electron chi connectivity index (χ0n) is 10.6. The Morgan fingerprint density at radius 3 is 2.75 bits per heavy atom. The smallest absolute Gasteiger partial charge is 0.190 e. The molecule has 2 rings (SSSR count). The van der Waals surface area contributed by atoms with Crippen LogP contribution in [0.5, 0.6) is 0 Å². The molecule has 0 aliphatic heterocycles. The number of benzene rings is 1. The number of Topliss-reactive ketones (excluding diaryl/α,β-unsaturated/α-hetero) is 1. The van der Waals surface area contributed by atoms with Crippen LogP contribution in [0.3, 0.4) is 0 Å². The van der Waals surface area contributed by atoms with E-state index >= 15 is 0 Å². The molecule has 5 heteroatoms. The summed E-state index contributed by atoms with van der Waals surface area (Å²) in [6.07, 6.45) is 6.61. The third-order valence-electron chi connectivity index (χ3n) is 2.87. The van der Waals surface area contributed by atoms with Crippen molar-refractivity contribution in [2.45, 2.75) is 12.3 Å². The number of rotatable bonds is 5. The molecular formula is C15H12Cl2N2O. The van der Waals surface area contributed by atoms with Gasteiger partial charge < -0.3 is 0 Å². The Morgan fingerprint density at radius 2 is 2.15 bits per heavy atom. The van der Waals surface area contributed by atoms with E-state index in [1.165, 1.54) is 18.6 Å². The van der Waals surface area contributed by atoms with Gasteiger partial charge in [0.15, 0.2) is 5.78 Å². The summed E-state index contributed by atoms with van der Waals surface area (Å²) < 4.78 is 0. The number of carbonyl (C=O) groups is 1. The Morgan fingerprint density at radius 1 is 1.35 bits per heavy atom. The highest BCUT2D eigenvalue weighted by atomic mass is 35.5. The molecule has 0 spiro atoms. The minimum absolute atomic E-state index is 0.137. The highest BCUT2D eigenvalue weighted by Crippen LogP contribution is 2.31. The maximum Gasteiger partial charge on any atom is 0.190 e.